The van der Waals surface area contributed by atoms with Gasteiger partial charge in [0.15, 0.2) is 12.2 Å². The zero-order valence-corrected chi connectivity index (χ0v) is 51.9. The Balaban J connectivity index is 5.23. The smallest absolute Gasteiger partial charge is 0.462 e. The van der Waals surface area contributed by atoms with Gasteiger partial charge in [0.1, 0.15) is 19.3 Å². The van der Waals surface area contributed by atoms with Crippen molar-refractivity contribution in [3.05, 3.63) is 0 Å². The van der Waals surface area contributed by atoms with Crippen LogP contribution in [-0.4, -0.2) is 96.7 Å². The van der Waals surface area contributed by atoms with E-state index in [0.29, 0.717) is 37.5 Å². The molecule has 0 bridgehead atoms. The second-order valence-electron chi connectivity index (χ2n) is 22.6. The highest BCUT2D eigenvalue weighted by Crippen LogP contribution is 2.45. The largest absolute Gasteiger partial charge is 0.472 e. The highest BCUT2D eigenvalue weighted by Gasteiger charge is 2.30. The third-order valence-electron chi connectivity index (χ3n) is 13.7. The lowest BCUT2D eigenvalue weighted by Gasteiger charge is -2.21. The minimum atomic E-state index is -4.94. The third kappa shape index (κ3) is 52.2. The van der Waals surface area contributed by atoms with E-state index in [9.17, 15) is 43.2 Å². The number of phosphoric ester groups is 2. The van der Waals surface area contributed by atoms with E-state index in [1.54, 1.807) is 0 Å². The zero-order chi connectivity index (χ0) is 58.1. The molecule has 0 aromatic carbocycles. The summed E-state index contributed by atoms with van der Waals surface area (Å²) in [6, 6.07) is 0. The monoisotopic (exact) mass is 1160 g/mol. The quantitative estimate of drug-likeness (QED) is 0.0222. The number of unbranched alkanes of at least 4 members (excludes halogenated alkanes) is 24. The number of aliphatic hydroxyl groups is 1. The van der Waals surface area contributed by atoms with E-state index in [1.807, 2.05) is 0 Å². The highest BCUT2D eigenvalue weighted by atomic mass is 31.2. The molecule has 0 fully saturated rings. The molecule has 0 rings (SSSR count). The zero-order valence-electron chi connectivity index (χ0n) is 50.1. The van der Waals surface area contributed by atoms with Crippen molar-refractivity contribution in [1.29, 1.82) is 0 Å². The van der Waals surface area contributed by atoms with Gasteiger partial charge in [0.25, 0.3) is 0 Å². The summed E-state index contributed by atoms with van der Waals surface area (Å²) in [5, 5.41) is 10.5. The summed E-state index contributed by atoms with van der Waals surface area (Å²) in [5.74, 6) is -0.00876. The number of ether oxygens (including phenoxy) is 4. The van der Waals surface area contributed by atoms with Crippen molar-refractivity contribution in [1.82, 2.24) is 0 Å². The van der Waals surface area contributed by atoms with Gasteiger partial charge in [0.2, 0.25) is 0 Å². The first-order valence-electron chi connectivity index (χ1n) is 30.9. The Labute approximate surface area is 473 Å². The molecule has 19 heteroatoms. The Bertz CT molecular complexity index is 1560. The maximum absolute atomic E-state index is 12.9. The number of carbonyl (C=O) groups excluding carboxylic acids is 4. The Morgan fingerprint density at radius 3 is 0.974 bits per heavy atom. The van der Waals surface area contributed by atoms with E-state index in [1.165, 1.54) is 70.6 Å². The average molecular weight is 1160 g/mol. The van der Waals surface area contributed by atoms with Crippen molar-refractivity contribution in [2.24, 2.45) is 17.8 Å². The molecule has 0 radical (unpaired) electrons. The van der Waals surface area contributed by atoms with E-state index < -0.39 is 97.5 Å². The molecule has 0 aliphatic rings. The normalized spacial score (nSPS) is 14.9. The van der Waals surface area contributed by atoms with Crippen LogP contribution >= 0.6 is 15.6 Å². The van der Waals surface area contributed by atoms with Crippen LogP contribution in [0.25, 0.3) is 0 Å². The van der Waals surface area contributed by atoms with Gasteiger partial charge in [-0.15, -0.1) is 0 Å². The van der Waals surface area contributed by atoms with Crippen LogP contribution in [0.2, 0.25) is 0 Å². The summed E-state index contributed by atoms with van der Waals surface area (Å²) in [4.78, 5) is 71.8. The predicted octanol–water partition coefficient (Wildman–Crippen LogP) is 15.6. The Morgan fingerprint density at radius 2 is 0.654 bits per heavy atom. The maximum Gasteiger partial charge on any atom is 0.472 e. The maximum atomic E-state index is 12.9. The van der Waals surface area contributed by atoms with Crippen LogP contribution in [0.3, 0.4) is 0 Å². The van der Waals surface area contributed by atoms with Crippen LogP contribution in [0, 0.1) is 17.8 Å². The summed E-state index contributed by atoms with van der Waals surface area (Å²) in [7, 11) is -9.87. The molecule has 0 aliphatic carbocycles. The standard InChI is InChI=1S/C59H114O17P2/c1-8-10-11-12-16-26-33-40-56(61)69-46-55(76-59(64)43-36-29-22-21-24-31-38-51(5)6)49-74-78(67,68)72-45-53(60)44-71-77(65,66)73-48-54(47-70-57(62)41-34-27-20-15-17-23-30-37-50(3)4)75-58(63)42-35-28-19-14-13-18-25-32-39-52(7)9-2/h50-55,60H,8-49H2,1-7H3,(H,65,66)(H,67,68)/t52?,53-,54-,55-/m1/s1. The molecule has 3 N–H and O–H groups in total. The van der Waals surface area contributed by atoms with Crippen molar-refractivity contribution < 1.29 is 80.2 Å². The molecule has 17 nitrogen and oxygen atoms in total. The molecule has 462 valence electrons. The van der Waals surface area contributed by atoms with Crippen LogP contribution in [0.15, 0.2) is 0 Å². The topological polar surface area (TPSA) is 237 Å². The number of carbonyl (C=O) groups is 4. The number of hydrogen-bond donors (Lipinski definition) is 3. The van der Waals surface area contributed by atoms with Crippen LogP contribution in [0.1, 0.15) is 280 Å². The van der Waals surface area contributed by atoms with Gasteiger partial charge in [-0.3, -0.25) is 37.3 Å². The Kier molecular flexibility index (Phi) is 49.5. The first-order chi connectivity index (χ1) is 37.3. The molecule has 0 aromatic rings. The lowest BCUT2D eigenvalue weighted by atomic mass is 9.99. The van der Waals surface area contributed by atoms with Crippen molar-refractivity contribution in [3.8, 4) is 0 Å². The molecule has 6 atom stereocenters. The van der Waals surface area contributed by atoms with E-state index in [0.717, 1.165) is 115 Å². The highest BCUT2D eigenvalue weighted by molar-refractivity contribution is 7.47. The molecule has 0 aliphatic heterocycles. The number of aliphatic hydroxyl groups excluding tert-OH is 1. The first kappa shape index (κ1) is 76.1. The van der Waals surface area contributed by atoms with E-state index >= 15 is 0 Å². The van der Waals surface area contributed by atoms with Crippen molar-refractivity contribution in [3.63, 3.8) is 0 Å². The van der Waals surface area contributed by atoms with Crippen molar-refractivity contribution >= 4 is 39.5 Å². The molecule has 0 saturated carbocycles. The summed E-state index contributed by atoms with van der Waals surface area (Å²) >= 11 is 0. The van der Waals surface area contributed by atoms with Crippen LogP contribution in [0.5, 0.6) is 0 Å². The number of hydrogen-bond acceptors (Lipinski definition) is 15. The molecule has 0 amide bonds. The van der Waals surface area contributed by atoms with Gasteiger partial charge in [-0.2, -0.15) is 0 Å². The lowest BCUT2D eigenvalue weighted by molar-refractivity contribution is -0.161. The molecule has 0 aromatic heterocycles. The fraction of sp³-hybridized carbons (Fsp3) is 0.932. The van der Waals surface area contributed by atoms with Gasteiger partial charge in [-0.05, 0) is 43.4 Å². The van der Waals surface area contributed by atoms with Crippen molar-refractivity contribution in [2.75, 3.05) is 39.6 Å². The van der Waals surface area contributed by atoms with Crippen LogP contribution < -0.4 is 0 Å². The number of rotatable bonds is 57. The summed E-state index contributed by atoms with van der Waals surface area (Å²) in [5.41, 5.74) is 0. The first-order valence-corrected chi connectivity index (χ1v) is 33.9. The van der Waals surface area contributed by atoms with Crippen LogP contribution in [0.4, 0.5) is 0 Å². The van der Waals surface area contributed by atoms with Gasteiger partial charge in [0, 0.05) is 25.7 Å². The van der Waals surface area contributed by atoms with Crippen LogP contribution in [-0.2, 0) is 65.4 Å². The number of phosphoric acid groups is 2. The summed E-state index contributed by atoms with van der Waals surface area (Å²) in [6.07, 6.45) is 29.7. The van der Waals surface area contributed by atoms with Gasteiger partial charge in [-0.25, -0.2) is 9.13 Å². The van der Waals surface area contributed by atoms with Gasteiger partial charge in [0.05, 0.1) is 26.4 Å². The third-order valence-corrected chi connectivity index (χ3v) is 15.6. The lowest BCUT2D eigenvalue weighted by Crippen LogP contribution is -2.30. The molecule has 0 saturated heterocycles. The van der Waals surface area contributed by atoms with Gasteiger partial charge < -0.3 is 33.8 Å². The van der Waals surface area contributed by atoms with Gasteiger partial charge in [-0.1, -0.05) is 228 Å². The summed E-state index contributed by atoms with van der Waals surface area (Å²) in [6.45, 7) is 11.6. The molecular formula is C59H114O17P2. The van der Waals surface area contributed by atoms with Gasteiger partial charge >= 0.3 is 39.5 Å². The molecule has 0 spiro atoms. The van der Waals surface area contributed by atoms with Crippen molar-refractivity contribution in [2.45, 2.75) is 298 Å². The Hall–Kier alpha value is -1.94. The minimum absolute atomic E-state index is 0.101. The summed E-state index contributed by atoms with van der Waals surface area (Å²) < 4.78 is 67.6. The van der Waals surface area contributed by atoms with E-state index in [-0.39, 0.29) is 25.7 Å². The number of esters is 4. The molecule has 3 unspecified atom stereocenters. The van der Waals surface area contributed by atoms with E-state index in [4.69, 9.17) is 37.0 Å². The molecular weight excluding hydrogens is 1040 g/mol. The molecule has 78 heavy (non-hydrogen) atoms. The fourth-order valence-corrected chi connectivity index (χ4v) is 10.1. The predicted molar refractivity (Wildman–Crippen MR) is 308 cm³/mol. The average Bonchev–Trinajstić information content (AvgIpc) is 3.39. The second-order valence-corrected chi connectivity index (χ2v) is 25.5. The van der Waals surface area contributed by atoms with E-state index in [2.05, 4.69) is 48.5 Å². The molecule has 0 heterocycles. The SMILES string of the molecule is CCCCCCCCCC(=O)OC[C@H](COP(=O)(O)OC[C@H](O)COP(=O)(O)OC[C@@H](COC(=O)CCCCCCCCCC(C)C)OC(=O)CCCCCCCCCCC(C)CC)OC(=O)CCCCCCCCC(C)C. The fourth-order valence-electron chi connectivity index (χ4n) is 8.56. The minimum Gasteiger partial charge on any atom is -0.462 e. The second kappa shape index (κ2) is 50.8. The Morgan fingerprint density at radius 1 is 0.372 bits per heavy atom.